The Morgan fingerprint density at radius 1 is 1.24 bits per heavy atom. The molecular formula is C21H33N3O4S. The first-order valence-corrected chi connectivity index (χ1v) is 11.9. The van der Waals surface area contributed by atoms with Crippen molar-refractivity contribution in [3.8, 4) is 5.75 Å². The molecule has 162 valence electrons. The van der Waals surface area contributed by atoms with Gasteiger partial charge in [-0.1, -0.05) is 32.9 Å². The van der Waals surface area contributed by atoms with Crippen LogP contribution in [-0.2, 0) is 14.8 Å². The molecule has 2 rings (SSSR count). The number of rotatable bonds is 7. The second-order valence-electron chi connectivity index (χ2n) is 8.52. The summed E-state index contributed by atoms with van der Waals surface area (Å²) in [6.45, 7) is 8.61. The summed E-state index contributed by atoms with van der Waals surface area (Å²) in [4.78, 5) is 12.4. The molecule has 1 fully saturated rings. The zero-order chi connectivity index (χ0) is 21.7. The number of hydrazone groups is 1. The Morgan fingerprint density at radius 3 is 2.41 bits per heavy atom. The monoisotopic (exact) mass is 423 g/mol. The minimum Gasteiger partial charge on any atom is -0.492 e. The average molecular weight is 424 g/mol. The van der Waals surface area contributed by atoms with Crippen LogP contribution in [0.5, 0.6) is 5.75 Å². The molecular weight excluding hydrogens is 390 g/mol. The van der Waals surface area contributed by atoms with E-state index in [1.54, 1.807) is 24.3 Å². The smallest absolute Gasteiger partial charge is 0.260 e. The molecule has 1 aliphatic carbocycles. The van der Waals surface area contributed by atoms with E-state index in [1.165, 1.54) is 0 Å². The predicted molar refractivity (Wildman–Crippen MR) is 117 cm³/mol. The van der Waals surface area contributed by atoms with Gasteiger partial charge in [0, 0.05) is 5.71 Å². The van der Waals surface area contributed by atoms with Crippen LogP contribution in [0.15, 0.2) is 29.4 Å². The third kappa shape index (κ3) is 6.73. The molecule has 0 spiro atoms. The van der Waals surface area contributed by atoms with Crippen LogP contribution in [0.2, 0.25) is 0 Å². The molecule has 0 aliphatic heterocycles. The molecule has 1 amide bonds. The fraction of sp³-hybridized carbons (Fsp3) is 0.619. The van der Waals surface area contributed by atoms with Crippen LogP contribution in [-0.4, -0.2) is 39.4 Å². The molecule has 1 aliphatic rings. The third-order valence-electron chi connectivity index (χ3n) is 5.25. The Bertz CT molecular complexity index is 834. The summed E-state index contributed by atoms with van der Waals surface area (Å²) in [5.74, 6) is 0.583. The molecule has 1 aromatic rings. The van der Waals surface area contributed by atoms with E-state index in [4.69, 9.17) is 4.74 Å². The number of hydrogen-bond donors (Lipinski definition) is 1. The number of sulfonamides is 1. The predicted octanol–water partition coefficient (Wildman–Crippen LogP) is 3.56. The van der Waals surface area contributed by atoms with E-state index >= 15 is 0 Å². The van der Waals surface area contributed by atoms with E-state index < -0.39 is 15.9 Å². The van der Waals surface area contributed by atoms with Gasteiger partial charge in [-0.25, -0.2) is 13.8 Å². The SMILES string of the molecule is CCOc1ccccc1N(CC(=O)NN=C1CCC(C(C)(C)C)CC1)S(C)(=O)=O. The number of carbonyl (C=O) groups excluding carboxylic acids is 1. The maximum Gasteiger partial charge on any atom is 0.260 e. The van der Waals surface area contributed by atoms with Crippen LogP contribution >= 0.6 is 0 Å². The summed E-state index contributed by atoms with van der Waals surface area (Å²) >= 11 is 0. The highest BCUT2D eigenvalue weighted by Crippen LogP contribution is 2.36. The summed E-state index contributed by atoms with van der Waals surface area (Å²) in [7, 11) is -3.68. The lowest BCUT2D eigenvalue weighted by atomic mass is 9.72. The van der Waals surface area contributed by atoms with Gasteiger partial charge in [0.05, 0.1) is 18.6 Å². The lowest BCUT2D eigenvalue weighted by Crippen LogP contribution is -2.39. The third-order valence-corrected chi connectivity index (χ3v) is 6.37. The number of hydrogen-bond acceptors (Lipinski definition) is 5. The molecule has 1 N–H and O–H groups in total. The number of para-hydroxylation sites is 2. The lowest BCUT2D eigenvalue weighted by molar-refractivity contribution is -0.119. The second-order valence-corrected chi connectivity index (χ2v) is 10.4. The normalized spacial score (nSPS) is 17.6. The maximum atomic E-state index is 12.4. The van der Waals surface area contributed by atoms with Gasteiger partial charge in [0.2, 0.25) is 10.0 Å². The van der Waals surface area contributed by atoms with E-state index in [9.17, 15) is 13.2 Å². The van der Waals surface area contributed by atoms with E-state index in [0.29, 0.717) is 24.0 Å². The number of nitrogens with zero attached hydrogens (tertiary/aromatic N) is 2. The molecule has 0 unspecified atom stereocenters. The molecule has 8 heteroatoms. The first-order chi connectivity index (χ1) is 13.5. The first kappa shape index (κ1) is 23.2. The molecule has 0 radical (unpaired) electrons. The Labute approximate surface area is 174 Å². The minimum absolute atomic E-state index is 0.277. The first-order valence-electron chi connectivity index (χ1n) is 10.1. The van der Waals surface area contributed by atoms with Crippen molar-refractivity contribution in [3.63, 3.8) is 0 Å². The van der Waals surface area contributed by atoms with Crippen molar-refractivity contribution in [2.45, 2.75) is 53.4 Å². The van der Waals surface area contributed by atoms with E-state index in [0.717, 1.165) is 42.0 Å². The van der Waals surface area contributed by atoms with Gasteiger partial charge in [0.15, 0.2) is 0 Å². The van der Waals surface area contributed by atoms with E-state index in [2.05, 4.69) is 31.3 Å². The van der Waals surface area contributed by atoms with Crippen LogP contribution in [0.3, 0.4) is 0 Å². The summed E-state index contributed by atoms with van der Waals surface area (Å²) in [5, 5.41) is 4.25. The Balaban J connectivity index is 2.05. The molecule has 29 heavy (non-hydrogen) atoms. The highest BCUT2D eigenvalue weighted by atomic mass is 32.2. The Hall–Kier alpha value is -2.09. The van der Waals surface area contributed by atoms with E-state index in [1.807, 2.05) is 6.92 Å². The molecule has 1 saturated carbocycles. The zero-order valence-corrected chi connectivity index (χ0v) is 18.9. The Morgan fingerprint density at radius 2 is 1.86 bits per heavy atom. The van der Waals surface area contributed by atoms with Gasteiger partial charge in [-0.3, -0.25) is 9.10 Å². The summed E-state index contributed by atoms with van der Waals surface area (Å²) in [5.41, 5.74) is 4.10. The van der Waals surface area contributed by atoms with Crippen LogP contribution in [0.1, 0.15) is 53.4 Å². The highest BCUT2D eigenvalue weighted by Gasteiger charge is 2.28. The molecule has 0 heterocycles. The quantitative estimate of drug-likeness (QED) is 0.679. The summed E-state index contributed by atoms with van der Waals surface area (Å²) < 4.78 is 31.2. The van der Waals surface area contributed by atoms with Gasteiger partial charge < -0.3 is 4.74 Å². The number of ether oxygens (including phenoxy) is 1. The van der Waals surface area contributed by atoms with Crippen LogP contribution in [0.25, 0.3) is 0 Å². The van der Waals surface area contributed by atoms with Crippen molar-refractivity contribution >= 4 is 27.3 Å². The van der Waals surface area contributed by atoms with Crippen LogP contribution in [0, 0.1) is 11.3 Å². The molecule has 0 aromatic heterocycles. The standard InChI is InChI=1S/C21H33N3O4S/c1-6-28-19-10-8-7-9-18(19)24(29(5,26)27)15-20(25)23-22-17-13-11-16(12-14-17)21(2,3)4/h7-10,16H,6,11-15H2,1-5H3,(H,23,25). The summed E-state index contributed by atoms with van der Waals surface area (Å²) in [6, 6.07) is 6.78. The largest absolute Gasteiger partial charge is 0.492 e. The van der Waals surface area contributed by atoms with Gasteiger partial charge in [-0.05, 0) is 56.1 Å². The van der Waals surface area contributed by atoms with Crippen LogP contribution < -0.4 is 14.5 Å². The van der Waals surface area contributed by atoms with Gasteiger partial charge >= 0.3 is 0 Å². The molecule has 1 aromatic carbocycles. The van der Waals surface area contributed by atoms with Crippen molar-refractivity contribution in [1.82, 2.24) is 5.43 Å². The minimum atomic E-state index is -3.68. The van der Waals surface area contributed by atoms with Crippen molar-refractivity contribution < 1.29 is 17.9 Å². The van der Waals surface area contributed by atoms with Crippen molar-refractivity contribution in [1.29, 1.82) is 0 Å². The summed E-state index contributed by atoms with van der Waals surface area (Å²) in [6.07, 6.45) is 4.88. The number of amides is 1. The van der Waals surface area contributed by atoms with Gasteiger partial charge in [0.25, 0.3) is 5.91 Å². The van der Waals surface area contributed by atoms with Crippen molar-refractivity contribution in [2.24, 2.45) is 16.4 Å². The number of carbonyl (C=O) groups is 1. The highest BCUT2D eigenvalue weighted by molar-refractivity contribution is 7.92. The van der Waals surface area contributed by atoms with Crippen molar-refractivity contribution in [3.05, 3.63) is 24.3 Å². The lowest BCUT2D eigenvalue weighted by Gasteiger charge is -2.34. The number of benzene rings is 1. The van der Waals surface area contributed by atoms with E-state index in [-0.39, 0.29) is 12.0 Å². The van der Waals surface area contributed by atoms with Gasteiger partial charge in [-0.15, -0.1) is 0 Å². The Kier molecular flexibility index (Phi) is 7.68. The fourth-order valence-electron chi connectivity index (χ4n) is 3.56. The van der Waals surface area contributed by atoms with Crippen molar-refractivity contribution in [2.75, 3.05) is 23.7 Å². The second kappa shape index (κ2) is 9.61. The maximum absolute atomic E-state index is 12.4. The zero-order valence-electron chi connectivity index (χ0n) is 18.1. The number of anilines is 1. The van der Waals surface area contributed by atoms with Gasteiger partial charge in [-0.2, -0.15) is 5.10 Å². The molecule has 0 atom stereocenters. The molecule has 0 saturated heterocycles. The topological polar surface area (TPSA) is 88.1 Å². The fourth-order valence-corrected chi connectivity index (χ4v) is 4.42. The number of nitrogens with one attached hydrogen (secondary N) is 1. The van der Waals surface area contributed by atoms with Gasteiger partial charge in [0.1, 0.15) is 12.3 Å². The van der Waals surface area contributed by atoms with Crippen LogP contribution in [0.4, 0.5) is 5.69 Å². The molecule has 0 bridgehead atoms. The average Bonchev–Trinajstić information content (AvgIpc) is 2.64. The molecule has 7 nitrogen and oxygen atoms in total.